The molecule has 1 saturated heterocycles. The molecule has 0 saturated carbocycles. The average molecular weight is 875 g/mol. The van der Waals surface area contributed by atoms with E-state index in [9.17, 15) is 49.5 Å². The van der Waals surface area contributed by atoms with Gasteiger partial charge in [-0.3, -0.25) is 19.3 Å². The number of rotatable bonds is 11. The first-order chi connectivity index (χ1) is 29.1. The van der Waals surface area contributed by atoms with Crippen LogP contribution in [0.1, 0.15) is 49.2 Å². The number of likely N-dealkylation sites (N-methyl/N-ethyl adjacent to an activating group) is 1. The Morgan fingerprint density at radius 2 is 1.45 bits per heavy atom. The maximum absolute atomic E-state index is 14.6. The third-order valence-electron chi connectivity index (χ3n) is 10.7. The van der Waals surface area contributed by atoms with Crippen molar-refractivity contribution in [1.82, 2.24) is 29.7 Å². The number of halogens is 8. The summed E-state index contributed by atoms with van der Waals surface area (Å²) >= 11 is 0. The first-order valence-corrected chi connectivity index (χ1v) is 19.2. The van der Waals surface area contributed by atoms with Crippen LogP contribution in [0.2, 0.25) is 0 Å². The predicted octanol–water partition coefficient (Wildman–Crippen LogP) is 7.19. The van der Waals surface area contributed by atoms with E-state index in [-0.39, 0.29) is 66.2 Å². The number of piperidine rings is 1. The number of nitrogens with one attached hydrogen (secondary N) is 1. The van der Waals surface area contributed by atoms with Gasteiger partial charge in [-0.1, -0.05) is 48.5 Å². The fourth-order valence-electron chi connectivity index (χ4n) is 7.17. The second kappa shape index (κ2) is 19.2. The lowest BCUT2D eigenvalue weighted by atomic mass is 9.94. The molecule has 1 aliphatic heterocycles. The van der Waals surface area contributed by atoms with Crippen LogP contribution in [-0.4, -0.2) is 85.1 Å². The molecule has 19 heteroatoms. The Labute approximate surface area is 350 Å². The maximum Gasteiger partial charge on any atom is 0.490 e. The van der Waals surface area contributed by atoms with Crippen LogP contribution in [0.25, 0.3) is 22.2 Å². The second-order valence-electron chi connectivity index (χ2n) is 15.0. The van der Waals surface area contributed by atoms with E-state index in [1.54, 1.807) is 40.8 Å². The number of nitrogens with zero attached hydrogens (tertiary/aromatic N) is 5. The number of pyridine rings is 1. The summed E-state index contributed by atoms with van der Waals surface area (Å²) in [6.45, 7) is 4.72. The van der Waals surface area contributed by atoms with Crippen LogP contribution in [0, 0.1) is 11.6 Å². The number of benzene rings is 3. The van der Waals surface area contributed by atoms with Gasteiger partial charge in [-0.15, -0.1) is 0 Å². The van der Waals surface area contributed by atoms with Crippen molar-refractivity contribution in [1.29, 1.82) is 0 Å². The molecular weight excluding hydrogens is 832 g/mol. The van der Waals surface area contributed by atoms with Crippen molar-refractivity contribution in [2.75, 3.05) is 20.1 Å². The molecule has 0 spiro atoms. The Morgan fingerprint density at radius 3 is 2.02 bits per heavy atom. The Hall–Kier alpha value is -6.24. The minimum Gasteiger partial charge on any atom is -0.475 e. The highest BCUT2D eigenvalue weighted by Gasteiger charge is 2.39. The Balaban J connectivity index is 0.000000955. The number of carbonyl (C=O) groups is 3. The van der Waals surface area contributed by atoms with Crippen LogP contribution in [0.15, 0.2) is 89.9 Å². The molecule has 0 aliphatic carbocycles. The predicted molar refractivity (Wildman–Crippen MR) is 211 cm³/mol. The molecule has 62 heavy (non-hydrogen) atoms. The summed E-state index contributed by atoms with van der Waals surface area (Å²) in [6, 6.07) is 18.9. The number of carbonyl (C=O) groups excluding carboxylic acids is 2. The maximum atomic E-state index is 14.6. The van der Waals surface area contributed by atoms with Gasteiger partial charge in [0.25, 0.3) is 5.56 Å². The van der Waals surface area contributed by atoms with Crippen molar-refractivity contribution in [2.45, 2.75) is 76.6 Å². The average Bonchev–Trinajstić information content (AvgIpc) is 3.24. The van der Waals surface area contributed by atoms with Gasteiger partial charge in [0.05, 0.1) is 16.5 Å². The highest BCUT2D eigenvalue weighted by molar-refractivity contribution is 5.85. The zero-order valence-electron chi connectivity index (χ0n) is 33.7. The molecule has 0 atom stereocenters. The summed E-state index contributed by atoms with van der Waals surface area (Å²) in [5.74, 6) is -4.98. The lowest BCUT2D eigenvalue weighted by Gasteiger charge is -2.44. The molecule has 2 aromatic heterocycles. The van der Waals surface area contributed by atoms with Crippen molar-refractivity contribution >= 4 is 28.8 Å². The second-order valence-corrected chi connectivity index (χ2v) is 15.0. The number of hydrogen-bond acceptors (Lipinski definition) is 7. The SMILES string of the molecule is CNC(=O)C(C)(C)N1CCC(N(Cc2ccc(-c3ccc(C(F)(F)F)cc3)cc2)C(=O)Cn2c(CCc3cccc(F)c3F)nc(=O)c3cccnc32)CC1.O=C(O)C(F)(F)F. The monoisotopic (exact) mass is 874 g/mol. The van der Waals surface area contributed by atoms with Crippen molar-refractivity contribution in [3.63, 3.8) is 0 Å². The van der Waals surface area contributed by atoms with Crippen molar-refractivity contribution < 1.29 is 54.6 Å². The largest absolute Gasteiger partial charge is 0.490 e. The molecule has 0 bridgehead atoms. The number of aryl methyl sites for hydroxylation is 2. The van der Waals surface area contributed by atoms with Gasteiger partial charge in [0.15, 0.2) is 11.6 Å². The van der Waals surface area contributed by atoms with E-state index in [1.807, 2.05) is 26.0 Å². The number of fused-ring (bicyclic) bond motifs is 1. The van der Waals surface area contributed by atoms with Gasteiger partial charge < -0.3 is 19.9 Å². The number of alkyl halides is 6. The summed E-state index contributed by atoms with van der Waals surface area (Å²) in [6.07, 6.45) is -6.88. The summed E-state index contributed by atoms with van der Waals surface area (Å²) < 4.78 is 101. The zero-order valence-corrected chi connectivity index (χ0v) is 33.7. The summed E-state index contributed by atoms with van der Waals surface area (Å²) in [5.41, 5.74) is 0.347. The standard InChI is InChI=1S/C41H41F5N6O3.C2HF3O2/c1-40(2,39(55)47-3)50-22-19-31(20-23-50)51(24-26-9-11-27(12-10-26)28-13-16-30(17-14-28)41(44,45)46)35(53)25-52-34(18-15-29-6-4-8-33(42)36(29)43)49-38(54)32-7-5-21-48-37(32)52;3-2(4,5)1(6)7/h4-14,16-17,21,31H,15,18-20,22-25H2,1-3H3,(H,47,55);(H,6,7). The fraction of sp³-hybridized carbons (Fsp3) is 0.349. The van der Waals surface area contributed by atoms with Gasteiger partial charge in [-0.05, 0) is 85.7 Å². The van der Waals surface area contributed by atoms with Crippen molar-refractivity contribution in [3.8, 4) is 11.1 Å². The zero-order chi connectivity index (χ0) is 45.6. The van der Waals surface area contributed by atoms with E-state index in [2.05, 4.69) is 20.2 Å². The van der Waals surface area contributed by atoms with Gasteiger partial charge in [0, 0.05) is 45.3 Å². The first kappa shape index (κ1) is 46.8. The summed E-state index contributed by atoms with van der Waals surface area (Å²) in [5, 5.41) is 10.0. The van der Waals surface area contributed by atoms with Crippen LogP contribution in [0.5, 0.6) is 0 Å². The van der Waals surface area contributed by atoms with Gasteiger partial charge in [0.2, 0.25) is 11.8 Å². The molecule has 1 fully saturated rings. The minimum atomic E-state index is -5.08. The molecule has 5 aromatic rings. The van der Waals surface area contributed by atoms with Crippen LogP contribution < -0.4 is 10.9 Å². The number of amides is 2. The first-order valence-electron chi connectivity index (χ1n) is 19.2. The number of aliphatic carboxylic acids is 1. The van der Waals surface area contributed by atoms with Crippen LogP contribution >= 0.6 is 0 Å². The van der Waals surface area contributed by atoms with Gasteiger partial charge in [-0.25, -0.2) is 18.6 Å². The molecule has 1 aliphatic rings. The molecule has 11 nitrogen and oxygen atoms in total. The minimum absolute atomic E-state index is 0.0111. The molecule has 3 aromatic carbocycles. The van der Waals surface area contributed by atoms with E-state index >= 15 is 0 Å². The van der Waals surface area contributed by atoms with E-state index in [0.29, 0.717) is 37.1 Å². The quantitative estimate of drug-likeness (QED) is 0.133. The summed E-state index contributed by atoms with van der Waals surface area (Å²) in [7, 11) is 1.59. The molecule has 6 rings (SSSR count). The summed E-state index contributed by atoms with van der Waals surface area (Å²) in [4.78, 5) is 61.8. The molecule has 2 amide bonds. The normalized spacial score (nSPS) is 13.9. The van der Waals surface area contributed by atoms with Crippen LogP contribution in [0.3, 0.4) is 0 Å². The molecule has 3 heterocycles. The Kier molecular flexibility index (Phi) is 14.5. The topological polar surface area (TPSA) is 138 Å². The van der Waals surface area contributed by atoms with Crippen molar-refractivity contribution in [3.05, 3.63) is 130 Å². The highest BCUT2D eigenvalue weighted by atomic mass is 19.4. The third-order valence-corrected chi connectivity index (χ3v) is 10.7. The number of hydrogen-bond donors (Lipinski definition) is 2. The van der Waals surface area contributed by atoms with Crippen molar-refractivity contribution in [2.24, 2.45) is 0 Å². The van der Waals surface area contributed by atoms with E-state index in [4.69, 9.17) is 9.90 Å². The van der Waals surface area contributed by atoms with Gasteiger partial charge >= 0.3 is 18.3 Å². The van der Waals surface area contributed by atoms with Gasteiger partial charge in [-0.2, -0.15) is 31.3 Å². The highest BCUT2D eigenvalue weighted by Crippen LogP contribution is 2.32. The molecule has 2 N–H and O–H groups in total. The molecular formula is C43H42F8N6O5. The fourth-order valence-corrected chi connectivity index (χ4v) is 7.17. The molecule has 0 radical (unpaired) electrons. The van der Waals surface area contributed by atoms with E-state index in [0.717, 1.165) is 23.8 Å². The van der Waals surface area contributed by atoms with Crippen LogP contribution in [0.4, 0.5) is 35.1 Å². The number of aromatic nitrogens is 3. The Bertz CT molecular complexity index is 2450. The van der Waals surface area contributed by atoms with E-state index in [1.165, 1.54) is 30.5 Å². The van der Waals surface area contributed by atoms with Gasteiger partial charge in [0.1, 0.15) is 18.0 Å². The molecule has 330 valence electrons. The Morgan fingerprint density at radius 1 is 0.855 bits per heavy atom. The number of carboxylic acids is 1. The number of carboxylic acid groups (broad SMARTS) is 1. The number of likely N-dealkylation sites (tertiary alicyclic amines) is 1. The lowest BCUT2D eigenvalue weighted by molar-refractivity contribution is -0.192. The third kappa shape index (κ3) is 11.2. The van der Waals surface area contributed by atoms with Crippen LogP contribution in [-0.2, 0) is 46.5 Å². The lowest BCUT2D eigenvalue weighted by Crippen LogP contribution is -2.58. The smallest absolute Gasteiger partial charge is 0.475 e. The van der Waals surface area contributed by atoms with E-state index < -0.39 is 46.6 Å². The molecule has 0 unspecified atom stereocenters.